The minimum atomic E-state index is -1.97. The fourth-order valence-electron chi connectivity index (χ4n) is 1.09. The van der Waals surface area contributed by atoms with Gasteiger partial charge in [0.1, 0.15) is 0 Å². The van der Waals surface area contributed by atoms with Crippen molar-refractivity contribution in [2.24, 2.45) is 0 Å². The predicted octanol–water partition coefficient (Wildman–Crippen LogP) is 3.39. The molecule has 12 heavy (non-hydrogen) atoms. The number of benzene rings is 1. The maximum absolute atomic E-state index is 10.8. The molecule has 1 aromatic heterocycles. The molecule has 2 aromatic rings. The molecule has 0 amide bonds. The van der Waals surface area contributed by atoms with E-state index in [1.54, 1.807) is 0 Å². The van der Waals surface area contributed by atoms with Crippen LogP contribution < -0.4 is 0 Å². The van der Waals surface area contributed by atoms with Crippen LogP contribution in [-0.2, 0) is 4.57 Å². The molecule has 0 unspecified atom stereocenters. The zero-order chi connectivity index (χ0) is 8.72. The maximum atomic E-state index is 10.8. The summed E-state index contributed by atoms with van der Waals surface area (Å²) < 4.78 is 20.7. The van der Waals surface area contributed by atoms with Crippen molar-refractivity contribution in [3.63, 3.8) is 0 Å². The van der Waals surface area contributed by atoms with Gasteiger partial charge in [-0.2, -0.15) is 0 Å². The molecule has 2 rings (SSSR count). The number of hydrogen-bond donors (Lipinski definition) is 0. The molecule has 0 saturated carbocycles. The summed E-state index contributed by atoms with van der Waals surface area (Å²) in [5.74, 6) is 0. The van der Waals surface area contributed by atoms with E-state index in [0.717, 1.165) is 11.1 Å². The molecule has 0 bridgehead atoms. The van der Waals surface area contributed by atoms with Crippen molar-refractivity contribution in [3.05, 3.63) is 23.3 Å². The Morgan fingerprint density at radius 2 is 1.50 bits per heavy atom. The van der Waals surface area contributed by atoms with Gasteiger partial charge in [-0.3, -0.25) is 0 Å². The Hall–Kier alpha value is -1.08. The molecule has 3 nitrogen and oxygen atoms in total. The second-order valence-electron chi connectivity index (χ2n) is 2.79. The van der Waals surface area contributed by atoms with Gasteiger partial charge in [0, 0.05) is 4.57 Å². The number of fused-ring (bicyclic) bond motifs is 1. The molecule has 62 valence electrons. The predicted molar refractivity (Wildman–Crippen MR) is 45.6 cm³/mol. The Morgan fingerprint density at radius 1 is 1.08 bits per heavy atom. The van der Waals surface area contributed by atoms with Crippen molar-refractivity contribution in [2.45, 2.75) is 13.8 Å². The smallest absolute Gasteiger partial charge is 0.218 e. The van der Waals surface area contributed by atoms with Gasteiger partial charge in [0.25, 0.3) is 0 Å². The van der Waals surface area contributed by atoms with E-state index in [0.29, 0.717) is 11.2 Å². The van der Waals surface area contributed by atoms with Crippen molar-refractivity contribution in [2.75, 3.05) is 0 Å². The lowest BCUT2D eigenvalue weighted by Gasteiger charge is -1.93. The number of aryl methyl sites for hydroxylation is 2. The fourth-order valence-corrected chi connectivity index (χ4v) is 1.73. The highest BCUT2D eigenvalue weighted by atomic mass is 31.1. The third kappa shape index (κ3) is 1.07. The second kappa shape index (κ2) is 2.46. The molecule has 0 fully saturated rings. The van der Waals surface area contributed by atoms with Crippen molar-refractivity contribution in [1.29, 1.82) is 0 Å². The van der Waals surface area contributed by atoms with Gasteiger partial charge in [-0.15, -0.1) is 0 Å². The summed E-state index contributed by atoms with van der Waals surface area (Å²) in [5, 5.41) is 0. The van der Waals surface area contributed by atoms with Crippen molar-refractivity contribution >= 4 is 19.1 Å². The zero-order valence-electron chi connectivity index (χ0n) is 6.83. The zero-order valence-corrected chi connectivity index (χ0v) is 7.72. The lowest BCUT2D eigenvalue weighted by Crippen LogP contribution is -1.77. The highest BCUT2D eigenvalue weighted by molar-refractivity contribution is 7.23. The van der Waals surface area contributed by atoms with Crippen LogP contribution >= 0.6 is 7.89 Å². The molecule has 0 N–H and O–H groups in total. The van der Waals surface area contributed by atoms with Crippen molar-refractivity contribution in [1.82, 2.24) is 0 Å². The topological polar surface area (TPSA) is 43.4 Å². The van der Waals surface area contributed by atoms with Crippen LogP contribution in [0.3, 0.4) is 0 Å². The average Bonchev–Trinajstić information content (AvgIpc) is 2.30. The Labute approximate surface area is 69.9 Å². The molecule has 0 aliphatic rings. The van der Waals surface area contributed by atoms with E-state index >= 15 is 0 Å². The van der Waals surface area contributed by atoms with E-state index in [1.807, 2.05) is 26.0 Å². The SMILES string of the molecule is Cc1cc2o[p+](=O)oc2cc1C. The van der Waals surface area contributed by atoms with Gasteiger partial charge in [-0.05, 0) is 37.1 Å². The van der Waals surface area contributed by atoms with Crippen LogP contribution in [0.25, 0.3) is 11.2 Å². The summed E-state index contributed by atoms with van der Waals surface area (Å²) in [6, 6.07) is 3.68. The summed E-state index contributed by atoms with van der Waals surface area (Å²) >= 11 is 0. The van der Waals surface area contributed by atoms with Crippen molar-refractivity contribution in [3.8, 4) is 0 Å². The summed E-state index contributed by atoms with van der Waals surface area (Å²) in [4.78, 5) is 0. The maximum Gasteiger partial charge on any atom is 0.805 e. The standard InChI is InChI=1S/C8H8O3P/c1-5-3-7-8(4-6(5)2)11-12(9)10-7/h3-4H,1-2H3/q+1. The first-order valence-corrected chi connectivity index (χ1v) is 4.71. The third-order valence-corrected chi connectivity index (χ3v) is 2.60. The Morgan fingerprint density at radius 3 is 1.92 bits per heavy atom. The average molecular weight is 183 g/mol. The quantitative estimate of drug-likeness (QED) is 0.628. The summed E-state index contributed by atoms with van der Waals surface area (Å²) in [6.45, 7) is 3.95. The lowest BCUT2D eigenvalue weighted by molar-refractivity contribution is 0.526. The Kier molecular flexibility index (Phi) is 1.55. The van der Waals surface area contributed by atoms with Crippen LogP contribution in [-0.4, -0.2) is 0 Å². The summed E-state index contributed by atoms with van der Waals surface area (Å²) in [7, 11) is -1.97. The van der Waals surface area contributed by atoms with Crippen LogP contribution in [0.2, 0.25) is 0 Å². The first-order valence-electron chi connectivity index (χ1n) is 3.61. The van der Waals surface area contributed by atoms with E-state index in [4.69, 9.17) is 8.39 Å². The fraction of sp³-hybridized carbons (Fsp3) is 0.250. The molecular weight excluding hydrogens is 175 g/mol. The van der Waals surface area contributed by atoms with Crippen LogP contribution in [0.1, 0.15) is 11.1 Å². The normalized spacial score (nSPS) is 10.8. The van der Waals surface area contributed by atoms with Gasteiger partial charge >= 0.3 is 7.89 Å². The Bertz CT molecular complexity index is 438. The van der Waals surface area contributed by atoms with E-state index in [2.05, 4.69) is 0 Å². The van der Waals surface area contributed by atoms with Crippen LogP contribution in [0.15, 0.2) is 20.5 Å². The first-order chi connectivity index (χ1) is 5.66. The van der Waals surface area contributed by atoms with Gasteiger partial charge in [0.2, 0.25) is 11.2 Å². The van der Waals surface area contributed by atoms with E-state index in [9.17, 15) is 4.57 Å². The number of hydrogen-bond acceptors (Lipinski definition) is 3. The molecule has 1 aromatic carbocycles. The summed E-state index contributed by atoms with van der Waals surface area (Å²) in [5.41, 5.74) is 3.39. The van der Waals surface area contributed by atoms with Gasteiger partial charge in [-0.25, -0.2) is 8.39 Å². The van der Waals surface area contributed by atoms with E-state index in [-0.39, 0.29) is 0 Å². The van der Waals surface area contributed by atoms with Gasteiger partial charge < -0.3 is 0 Å². The number of rotatable bonds is 0. The summed E-state index contributed by atoms with van der Waals surface area (Å²) in [6.07, 6.45) is 0. The molecule has 0 aliphatic carbocycles. The minimum absolute atomic E-state index is 0.583. The minimum Gasteiger partial charge on any atom is -0.218 e. The molecule has 0 saturated heterocycles. The largest absolute Gasteiger partial charge is 0.805 e. The molecule has 0 aliphatic heterocycles. The molecule has 0 radical (unpaired) electrons. The second-order valence-corrected chi connectivity index (χ2v) is 3.60. The van der Waals surface area contributed by atoms with Crippen molar-refractivity contribution < 1.29 is 13.0 Å². The van der Waals surface area contributed by atoms with Crippen LogP contribution in [0.5, 0.6) is 0 Å². The highest BCUT2D eigenvalue weighted by Crippen LogP contribution is 2.28. The van der Waals surface area contributed by atoms with Crippen LogP contribution in [0.4, 0.5) is 0 Å². The molecule has 0 atom stereocenters. The van der Waals surface area contributed by atoms with Crippen LogP contribution in [0, 0.1) is 13.8 Å². The van der Waals surface area contributed by atoms with E-state index < -0.39 is 7.89 Å². The highest BCUT2D eigenvalue weighted by Gasteiger charge is 2.14. The van der Waals surface area contributed by atoms with Gasteiger partial charge in [0.05, 0.1) is 0 Å². The Balaban J connectivity index is 2.92. The van der Waals surface area contributed by atoms with Gasteiger partial charge in [-0.1, -0.05) is 0 Å². The molecule has 1 heterocycles. The lowest BCUT2D eigenvalue weighted by atomic mass is 10.1. The molecule has 0 spiro atoms. The monoisotopic (exact) mass is 183 g/mol. The molecule has 4 heteroatoms. The first kappa shape index (κ1) is 7.56. The molecular formula is C8H8O3P+. The van der Waals surface area contributed by atoms with Gasteiger partial charge in [0.15, 0.2) is 0 Å². The van der Waals surface area contributed by atoms with E-state index in [1.165, 1.54) is 0 Å². The third-order valence-electron chi connectivity index (χ3n) is 1.91.